The van der Waals surface area contributed by atoms with Gasteiger partial charge in [0.05, 0.1) is 0 Å². The number of likely N-dealkylation sites (N-methyl/N-ethyl adjacent to an activating group) is 1. The van der Waals surface area contributed by atoms with E-state index in [4.69, 9.17) is 0 Å². The minimum Gasteiger partial charge on any atom is -0.309 e. The summed E-state index contributed by atoms with van der Waals surface area (Å²) in [7, 11) is 2.07. The highest BCUT2D eigenvalue weighted by molar-refractivity contribution is 5.23. The molecule has 1 aromatic carbocycles. The van der Waals surface area contributed by atoms with E-state index in [-0.39, 0.29) is 6.04 Å². The first kappa shape index (κ1) is 16.4. The molecule has 118 valence electrons. The van der Waals surface area contributed by atoms with Crippen molar-refractivity contribution in [1.29, 1.82) is 0 Å². The minimum atomic E-state index is -0.766. The number of hydrogen-bond acceptors (Lipinski definition) is 2. The molecular weight excluding hydrogens is 270 g/mol. The molecule has 4 heteroatoms. The molecular formula is C17H26F2N2. The number of hydrogen-bond donors (Lipinski definition) is 1. The van der Waals surface area contributed by atoms with Crippen LogP contribution in [0.4, 0.5) is 8.78 Å². The fourth-order valence-electron chi connectivity index (χ4n) is 2.88. The molecule has 1 aromatic rings. The standard InChI is InChI=1S/C17H26F2N2/c1-3-10-20-16(12-21(2)11-13-6-4-7-13)14-8-5-9-15(18)17(14)19/h5,8-9,13,16,20H,3-4,6-7,10-12H2,1-2H3. The van der Waals surface area contributed by atoms with Crippen LogP contribution >= 0.6 is 0 Å². The molecule has 1 aliphatic rings. The van der Waals surface area contributed by atoms with Gasteiger partial charge in [-0.3, -0.25) is 0 Å². The smallest absolute Gasteiger partial charge is 0.163 e. The van der Waals surface area contributed by atoms with Crippen molar-refractivity contribution in [3.8, 4) is 0 Å². The maximum atomic E-state index is 14.0. The van der Waals surface area contributed by atoms with Gasteiger partial charge in [-0.05, 0) is 44.8 Å². The second-order valence-electron chi connectivity index (χ2n) is 6.17. The number of halogens is 2. The van der Waals surface area contributed by atoms with E-state index in [0.29, 0.717) is 12.1 Å². The molecule has 21 heavy (non-hydrogen) atoms. The van der Waals surface area contributed by atoms with Gasteiger partial charge in [-0.15, -0.1) is 0 Å². The largest absolute Gasteiger partial charge is 0.309 e. The van der Waals surface area contributed by atoms with Gasteiger partial charge in [-0.1, -0.05) is 25.5 Å². The summed E-state index contributed by atoms with van der Waals surface area (Å²) in [4.78, 5) is 2.24. The van der Waals surface area contributed by atoms with Crippen molar-refractivity contribution in [2.75, 3.05) is 26.7 Å². The Balaban J connectivity index is 2.03. The van der Waals surface area contributed by atoms with E-state index in [1.807, 2.05) is 0 Å². The van der Waals surface area contributed by atoms with E-state index in [9.17, 15) is 8.78 Å². The van der Waals surface area contributed by atoms with Crippen molar-refractivity contribution >= 4 is 0 Å². The third kappa shape index (κ3) is 4.48. The monoisotopic (exact) mass is 296 g/mol. The predicted molar refractivity (Wildman–Crippen MR) is 82.2 cm³/mol. The maximum absolute atomic E-state index is 14.0. The van der Waals surface area contributed by atoms with Gasteiger partial charge in [0.25, 0.3) is 0 Å². The molecule has 0 aromatic heterocycles. The molecule has 1 fully saturated rings. The van der Waals surface area contributed by atoms with E-state index in [1.165, 1.54) is 25.3 Å². The second-order valence-corrected chi connectivity index (χ2v) is 6.17. The molecule has 0 bridgehead atoms. The topological polar surface area (TPSA) is 15.3 Å². The number of nitrogens with zero attached hydrogens (tertiary/aromatic N) is 1. The lowest BCUT2D eigenvalue weighted by Crippen LogP contribution is -2.37. The zero-order valence-corrected chi connectivity index (χ0v) is 13.0. The molecule has 0 saturated heterocycles. The molecule has 1 N–H and O–H groups in total. The van der Waals surface area contributed by atoms with E-state index in [2.05, 4.69) is 24.2 Å². The Bertz CT molecular complexity index is 446. The van der Waals surface area contributed by atoms with Gasteiger partial charge < -0.3 is 10.2 Å². The Morgan fingerprint density at radius 3 is 2.71 bits per heavy atom. The van der Waals surface area contributed by atoms with Crippen LogP contribution in [0.5, 0.6) is 0 Å². The van der Waals surface area contributed by atoms with Gasteiger partial charge in [-0.25, -0.2) is 8.78 Å². The van der Waals surface area contributed by atoms with Crippen molar-refractivity contribution in [2.45, 2.75) is 38.6 Å². The normalized spacial score (nSPS) is 17.0. The summed E-state index contributed by atoms with van der Waals surface area (Å²) in [6.45, 7) is 4.63. The van der Waals surface area contributed by atoms with Crippen LogP contribution < -0.4 is 5.32 Å². The van der Waals surface area contributed by atoms with Gasteiger partial charge >= 0.3 is 0 Å². The molecule has 0 heterocycles. The van der Waals surface area contributed by atoms with Crippen molar-refractivity contribution in [3.63, 3.8) is 0 Å². The summed E-state index contributed by atoms with van der Waals surface area (Å²) >= 11 is 0. The summed E-state index contributed by atoms with van der Waals surface area (Å²) in [5.74, 6) is -0.709. The average molecular weight is 296 g/mol. The first-order valence-corrected chi connectivity index (χ1v) is 7.97. The molecule has 2 rings (SSSR count). The average Bonchev–Trinajstić information content (AvgIpc) is 2.42. The van der Waals surface area contributed by atoms with E-state index in [0.717, 1.165) is 25.4 Å². The van der Waals surface area contributed by atoms with Crippen LogP contribution in [-0.4, -0.2) is 31.6 Å². The highest BCUT2D eigenvalue weighted by atomic mass is 19.2. The lowest BCUT2D eigenvalue weighted by atomic mass is 9.85. The second kappa shape index (κ2) is 7.85. The van der Waals surface area contributed by atoms with Gasteiger partial charge in [0, 0.05) is 24.7 Å². The molecule has 0 spiro atoms. The molecule has 1 atom stereocenters. The quantitative estimate of drug-likeness (QED) is 0.786. The van der Waals surface area contributed by atoms with Crippen LogP contribution in [0, 0.1) is 17.6 Å². The predicted octanol–water partition coefficient (Wildman–Crippen LogP) is 3.74. The lowest BCUT2D eigenvalue weighted by Gasteiger charge is -2.32. The van der Waals surface area contributed by atoms with Crippen LogP contribution in [0.15, 0.2) is 18.2 Å². The van der Waals surface area contributed by atoms with Crippen LogP contribution in [-0.2, 0) is 0 Å². The third-order valence-corrected chi connectivity index (χ3v) is 4.29. The third-order valence-electron chi connectivity index (χ3n) is 4.29. The molecule has 1 unspecified atom stereocenters. The highest BCUT2D eigenvalue weighted by Crippen LogP contribution is 2.27. The van der Waals surface area contributed by atoms with Crippen LogP contribution in [0.25, 0.3) is 0 Å². The molecule has 0 aliphatic heterocycles. The SMILES string of the molecule is CCCNC(CN(C)CC1CCC1)c1cccc(F)c1F. The molecule has 2 nitrogen and oxygen atoms in total. The summed E-state index contributed by atoms with van der Waals surface area (Å²) in [6.07, 6.45) is 4.89. The van der Waals surface area contributed by atoms with Crippen molar-refractivity contribution in [3.05, 3.63) is 35.4 Å². The minimum absolute atomic E-state index is 0.161. The van der Waals surface area contributed by atoms with E-state index < -0.39 is 11.6 Å². The van der Waals surface area contributed by atoms with Crippen LogP contribution in [0.1, 0.15) is 44.2 Å². The van der Waals surface area contributed by atoms with Gasteiger partial charge in [-0.2, -0.15) is 0 Å². The Kier molecular flexibility index (Phi) is 6.12. The molecule has 1 saturated carbocycles. The van der Waals surface area contributed by atoms with Gasteiger partial charge in [0.1, 0.15) is 0 Å². The number of rotatable bonds is 8. The van der Waals surface area contributed by atoms with Crippen LogP contribution in [0.2, 0.25) is 0 Å². The summed E-state index contributed by atoms with van der Waals surface area (Å²) in [5.41, 5.74) is 0.434. The van der Waals surface area contributed by atoms with Crippen LogP contribution in [0.3, 0.4) is 0 Å². The zero-order valence-electron chi connectivity index (χ0n) is 13.0. The van der Waals surface area contributed by atoms with Crippen molar-refractivity contribution in [2.24, 2.45) is 5.92 Å². The van der Waals surface area contributed by atoms with Gasteiger partial charge in [0.15, 0.2) is 11.6 Å². The number of benzene rings is 1. The fraction of sp³-hybridized carbons (Fsp3) is 0.647. The Hall–Kier alpha value is -1.00. The Morgan fingerprint density at radius 2 is 2.10 bits per heavy atom. The fourth-order valence-corrected chi connectivity index (χ4v) is 2.88. The Labute approximate surface area is 126 Å². The zero-order chi connectivity index (χ0) is 15.2. The molecule has 1 aliphatic carbocycles. The van der Waals surface area contributed by atoms with Crippen molar-refractivity contribution < 1.29 is 8.78 Å². The van der Waals surface area contributed by atoms with Crippen molar-refractivity contribution in [1.82, 2.24) is 10.2 Å². The summed E-state index contributed by atoms with van der Waals surface area (Å²) in [6, 6.07) is 4.28. The maximum Gasteiger partial charge on any atom is 0.163 e. The van der Waals surface area contributed by atoms with Gasteiger partial charge in [0.2, 0.25) is 0 Å². The van der Waals surface area contributed by atoms with E-state index in [1.54, 1.807) is 12.1 Å². The highest BCUT2D eigenvalue weighted by Gasteiger charge is 2.23. The molecule has 0 amide bonds. The first-order valence-electron chi connectivity index (χ1n) is 7.97. The summed E-state index contributed by atoms with van der Waals surface area (Å²) in [5, 5.41) is 3.35. The Morgan fingerprint density at radius 1 is 1.33 bits per heavy atom. The summed E-state index contributed by atoms with van der Waals surface area (Å²) < 4.78 is 27.5. The first-order chi connectivity index (χ1) is 10.1. The van der Waals surface area contributed by atoms with E-state index >= 15 is 0 Å². The lowest BCUT2D eigenvalue weighted by molar-refractivity contribution is 0.190. The number of nitrogens with one attached hydrogen (secondary N) is 1. The molecule has 0 radical (unpaired) electrons.